The van der Waals surface area contributed by atoms with E-state index >= 15 is 0 Å². The summed E-state index contributed by atoms with van der Waals surface area (Å²) in [5.74, 6) is 1.27. The van der Waals surface area contributed by atoms with Crippen LogP contribution in [0.5, 0.6) is 0 Å². The number of nitrogens with zero attached hydrogens (tertiary/aromatic N) is 1. The number of allylic oxidation sites excluding steroid dienone is 1. The Morgan fingerprint density at radius 1 is 1.23 bits per heavy atom. The van der Waals surface area contributed by atoms with E-state index in [1.165, 1.54) is 30.0 Å². The maximum absolute atomic E-state index is 3.42. The van der Waals surface area contributed by atoms with Crippen LogP contribution in [0.1, 0.15) is 12.8 Å². The number of anilines is 2. The zero-order valence-electron chi connectivity index (χ0n) is 7.46. The highest BCUT2D eigenvalue weighted by atomic mass is 15.3. The molecular formula is C11H12N2. The molecule has 2 heteroatoms. The highest BCUT2D eigenvalue weighted by Crippen LogP contribution is 2.37. The Morgan fingerprint density at radius 3 is 3.15 bits per heavy atom. The molecule has 1 aromatic rings. The lowest BCUT2D eigenvalue weighted by Gasteiger charge is -2.23. The lowest BCUT2D eigenvalue weighted by molar-refractivity contribution is 0.769. The van der Waals surface area contributed by atoms with Crippen LogP contribution in [0, 0.1) is 0 Å². The molecular weight excluding hydrogens is 160 g/mol. The van der Waals surface area contributed by atoms with Crippen LogP contribution in [0.4, 0.5) is 11.4 Å². The van der Waals surface area contributed by atoms with Gasteiger partial charge < -0.3 is 10.2 Å². The molecule has 3 rings (SSSR count). The van der Waals surface area contributed by atoms with Crippen molar-refractivity contribution in [2.75, 3.05) is 16.8 Å². The molecule has 13 heavy (non-hydrogen) atoms. The second-order valence-corrected chi connectivity index (χ2v) is 3.53. The molecule has 0 amide bonds. The molecule has 0 aromatic heterocycles. The van der Waals surface area contributed by atoms with Crippen molar-refractivity contribution in [1.82, 2.24) is 0 Å². The summed E-state index contributed by atoms with van der Waals surface area (Å²) < 4.78 is 0. The summed E-state index contributed by atoms with van der Waals surface area (Å²) in [6.07, 6.45) is 4.75. The van der Waals surface area contributed by atoms with E-state index in [0.29, 0.717) is 0 Å². The molecule has 2 aliphatic heterocycles. The highest BCUT2D eigenvalue weighted by molar-refractivity contribution is 5.80. The lowest BCUT2D eigenvalue weighted by Crippen LogP contribution is -2.24. The third-order valence-corrected chi connectivity index (χ3v) is 2.67. The Hall–Kier alpha value is -1.44. The van der Waals surface area contributed by atoms with E-state index in [-0.39, 0.29) is 0 Å². The minimum Gasteiger partial charge on any atom is -0.340 e. The van der Waals surface area contributed by atoms with Gasteiger partial charge in [0.15, 0.2) is 0 Å². The van der Waals surface area contributed by atoms with Crippen LogP contribution in [0.3, 0.4) is 0 Å². The lowest BCUT2D eigenvalue weighted by atomic mass is 10.2. The summed E-state index contributed by atoms with van der Waals surface area (Å²) in [6, 6.07) is 8.48. The first-order chi connectivity index (χ1) is 6.45. The fraction of sp³-hybridized carbons (Fsp3) is 0.273. The Bertz CT molecular complexity index is 368. The first-order valence-electron chi connectivity index (χ1n) is 4.79. The van der Waals surface area contributed by atoms with Crippen LogP contribution in [0.2, 0.25) is 0 Å². The number of nitrogens with one attached hydrogen (secondary N) is 1. The van der Waals surface area contributed by atoms with Crippen molar-refractivity contribution in [3.8, 4) is 0 Å². The second kappa shape index (κ2) is 2.52. The Labute approximate surface area is 77.9 Å². The van der Waals surface area contributed by atoms with E-state index in [1.54, 1.807) is 0 Å². The van der Waals surface area contributed by atoms with Crippen LogP contribution in [0.15, 0.2) is 36.2 Å². The molecule has 0 fully saturated rings. The van der Waals surface area contributed by atoms with Gasteiger partial charge in [-0.05, 0) is 31.1 Å². The zero-order valence-corrected chi connectivity index (χ0v) is 7.46. The van der Waals surface area contributed by atoms with Crippen LogP contribution in [-0.2, 0) is 0 Å². The van der Waals surface area contributed by atoms with Crippen LogP contribution < -0.4 is 10.2 Å². The van der Waals surface area contributed by atoms with Crippen LogP contribution in [0.25, 0.3) is 0 Å². The highest BCUT2D eigenvalue weighted by Gasteiger charge is 2.24. The third-order valence-electron chi connectivity index (χ3n) is 2.67. The van der Waals surface area contributed by atoms with Crippen LogP contribution >= 0.6 is 0 Å². The van der Waals surface area contributed by atoms with Crippen molar-refractivity contribution in [3.63, 3.8) is 0 Å². The summed E-state index contributed by atoms with van der Waals surface area (Å²) >= 11 is 0. The molecule has 0 spiro atoms. The molecule has 1 N–H and O–H groups in total. The fourth-order valence-corrected chi connectivity index (χ4v) is 2.04. The van der Waals surface area contributed by atoms with Crippen molar-refractivity contribution >= 4 is 11.4 Å². The second-order valence-electron chi connectivity index (χ2n) is 3.53. The minimum atomic E-state index is 1.15. The molecule has 0 atom stereocenters. The molecule has 2 aliphatic rings. The predicted molar refractivity (Wildman–Crippen MR) is 54.7 cm³/mol. The van der Waals surface area contributed by atoms with Gasteiger partial charge in [-0.15, -0.1) is 0 Å². The molecule has 0 radical (unpaired) electrons. The van der Waals surface area contributed by atoms with Crippen LogP contribution in [-0.4, -0.2) is 6.54 Å². The van der Waals surface area contributed by atoms with Crippen molar-refractivity contribution in [1.29, 1.82) is 0 Å². The molecule has 0 bridgehead atoms. The van der Waals surface area contributed by atoms with Crippen molar-refractivity contribution in [3.05, 3.63) is 36.2 Å². The number of para-hydroxylation sites is 2. The monoisotopic (exact) mass is 172 g/mol. The van der Waals surface area contributed by atoms with Gasteiger partial charge in [0.2, 0.25) is 0 Å². The molecule has 2 heterocycles. The standard InChI is InChI=1S/C11H12N2/c1-2-6-10-9(5-1)12-11-7-3-4-8-13(10)11/h1-2,5-7,12H,3-4,8H2. The topological polar surface area (TPSA) is 15.3 Å². The first kappa shape index (κ1) is 7.01. The molecule has 0 saturated carbocycles. The normalized spacial score (nSPS) is 18.8. The maximum Gasteiger partial charge on any atom is 0.106 e. The maximum atomic E-state index is 3.42. The first-order valence-corrected chi connectivity index (χ1v) is 4.79. The van der Waals surface area contributed by atoms with E-state index in [1.807, 2.05) is 0 Å². The van der Waals surface area contributed by atoms with E-state index in [4.69, 9.17) is 0 Å². The summed E-state index contributed by atoms with van der Waals surface area (Å²) in [5, 5.41) is 3.42. The van der Waals surface area contributed by atoms with E-state index in [2.05, 4.69) is 40.6 Å². The van der Waals surface area contributed by atoms with Crippen molar-refractivity contribution in [2.45, 2.75) is 12.8 Å². The van der Waals surface area contributed by atoms with Gasteiger partial charge in [0.1, 0.15) is 5.82 Å². The predicted octanol–water partition coefficient (Wildman–Crippen LogP) is 2.55. The molecule has 2 nitrogen and oxygen atoms in total. The summed E-state index contributed by atoms with van der Waals surface area (Å²) in [6.45, 7) is 1.15. The Morgan fingerprint density at radius 2 is 2.15 bits per heavy atom. The third kappa shape index (κ3) is 0.949. The van der Waals surface area contributed by atoms with Gasteiger partial charge in [-0.2, -0.15) is 0 Å². The smallest absolute Gasteiger partial charge is 0.106 e. The molecule has 0 saturated heterocycles. The summed E-state index contributed by atoms with van der Waals surface area (Å²) in [7, 11) is 0. The Balaban J connectivity index is 2.12. The number of rotatable bonds is 0. The van der Waals surface area contributed by atoms with Gasteiger partial charge in [0.25, 0.3) is 0 Å². The number of fused-ring (bicyclic) bond motifs is 3. The Kier molecular flexibility index (Phi) is 1.36. The van der Waals surface area contributed by atoms with Gasteiger partial charge >= 0.3 is 0 Å². The van der Waals surface area contributed by atoms with Crippen molar-refractivity contribution < 1.29 is 0 Å². The molecule has 0 unspecified atom stereocenters. The van der Waals surface area contributed by atoms with Gasteiger partial charge in [-0.3, -0.25) is 0 Å². The van der Waals surface area contributed by atoms with E-state index in [0.717, 1.165) is 6.54 Å². The summed E-state index contributed by atoms with van der Waals surface area (Å²) in [5.41, 5.74) is 2.57. The van der Waals surface area contributed by atoms with Gasteiger partial charge in [-0.1, -0.05) is 12.1 Å². The number of hydrogen-bond donors (Lipinski definition) is 1. The molecule has 66 valence electrons. The van der Waals surface area contributed by atoms with E-state index < -0.39 is 0 Å². The molecule has 1 aromatic carbocycles. The number of hydrogen-bond acceptors (Lipinski definition) is 2. The van der Waals surface area contributed by atoms with Crippen molar-refractivity contribution in [2.24, 2.45) is 0 Å². The zero-order chi connectivity index (χ0) is 8.67. The van der Waals surface area contributed by atoms with Gasteiger partial charge in [0, 0.05) is 6.54 Å². The minimum absolute atomic E-state index is 1.15. The average molecular weight is 172 g/mol. The van der Waals surface area contributed by atoms with E-state index in [9.17, 15) is 0 Å². The largest absolute Gasteiger partial charge is 0.340 e. The quantitative estimate of drug-likeness (QED) is 0.647. The molecule has 0 aliphatic carbocycles. The summed E-state index contributed by atoms with van der Waals surface area (Å²) in [4.78, 5) is 2.36. The van der Waals surface area contributed by atoms with Gasteiger partial charge in [-0.25, -0.2) is 0 Å². The average Bonchev–Trinajstić information content (AvgIpc) is 2.56. The number of benzene rings is 1. The fourth-order valence-electron chi connectivity index (χ4n) is 2.04. The van der Waals surface area contributed by atoms with Gasteiger partial charge in [0.05, 0.1) is 11.4 Å². The SMILES string of the molecule is C1=C2Nc3ccccc3N2CCC1.